The summed E-state index contributed by atoms with van der Waals surface area (Å²) in [5, 5.41) is 3.39. The van der Waals surface area contributed by atoms with Crippen molar-refractivity contribution < 1.29 is 4.79 Å². The molecule has 0 saturated carbocycles. The van der Waals surface area contributed by atoms with Gasteiger partial charge in [0, 0.05) is 13.0 Å². The molecule has 2 heteroatoms. The van der Waals surface area contributed by atoms with Crippen LogP contribution < -0.4 is 5.32 Å². The van der Waals surface area contributed by atoms with E-state index in [-0.39, 0.29) is 6.04 Å². The van der Waals surface area contributed by atoms with Crippen molar-refractivity contribution in [2.45, 2.75) is 70.8 Å². The minimum atomic E-state index is -0.0601. The van der Waals surface area contributed by atoms with E-state index in [1.807, 2.05) is 6.07 Å². The molecule has 1 aliphatic rings. The number of carbonyl (C=O) groups excluding carboxylic acids is 1. The van der Waals surface area contributed by atoms with E-state index >= 15 is 0 Å². The Morgan fingerprint density at radius 3 is 2.62 bits per heavy atom. The largest absolute Gasteiger partial charge is 0.303 e. The van der Waals surface area contributed by atoms with Gasteiger partial charge in [0.2, 0.25) is 0 Å². The van der Waals surface area contributed by atoms with Crippen LogP contribution in [0.2, 0.25) is 0 Å². The number of rotatable bonds is 9. The molecule has 0 spiro atoms. The van der Waals surface area contributed by atoms with Crippen LogP contribution in [-0.2, 0) is 11.2 Å². The maximum absolute atomic E-state index is 12.4. The average Bonchev–Trinajstić information content (AvgIpc) is 2.53. The highest BCUT2D eigenvalue weighted by molar-refractivity contribution is 5.86. The van der Waals surface area contributed by atoms with Crippen molar-refractivity contribution in [1.29, 1.82) is 0 Å². The first-order valence-corrected chi connectivity index (χ1v) is 8.67. The lowest BCUT2D eigenvalue weighted by atomic mass is 9.90. The van der Waals surface area contributed by atoms with Crippen LogP contribution in [0.3, 0.4) is 0 Å². The molecule has 1 aromatic rings. The topological polar surface area (TPSA) is 29.1 Å². The van der Waals surface area contributed by atoms with Crippen molar-refractivity contribution >= 4 is 5.78 Å². The molecule has 0 radical (unpaired) electrons. The van der Waals surface area contributed by atoms with E-state index in [9.17, 15) is 4.79 Å². The van der Waals surface area contributed by atoms with Gasteiger partial charge in [0.15, 0.2) is 5.78 Å². The fraction of sp³-hybridized carbons (Fsp3) is 0.632. The second-order valence-corrected chi connectivity index (χ2v) is 6.17. The number of nitrogens with one attached hydrogen (secondary N) is 1. The fourth-order valence-corrected chi connectivity index (χ4v) is 3.19. The van der Waals surface area contributed by atoms with Crippen molar-refractivity contribution in [2.75, 3.05) is 6.54 Å². The number of fused-ring (bicyclic) bond motifs is 1. The molecule has 0 aliphatic carbocycles. The number of carbonyl (C=O) groups is 1. The van der Waals surface area contributed by atoms with Crippen molar-refractivity contribution in [1.82, 2.24) is 5.32 Å². The Hall–Kier alpha value is -1.15. The van der Waals surface area contributed by atoms with Crippen LogP contribution in [0.4, 0.5) is 0 Å². The number of Topliss-reactive ketones (excluding diaryl/α,β-unsaturated/α-hetero) is 1. The van der Waals surface area contributed by atoms with E-state index in [1.54, 1.807) is 0 Å². The lowest BCUT2D eigenvalue weighted by molar-refractivity contribution is -0.121. The number of hydrogen-bond donors (Lipinski definition) is 1. The van der Waals surface area contributed by atoms with Gasteiger partial charge in [-0.1, -0.05) is 69.7 Å². The maximum atomic E-state index is 12.4. The molecule has 0 fully saturated rings. The third-order valence-corrected chi connectivity index (χ3v) is 4.46. The van der Waals surface area contributed by atoms with Crippen LogP contribution in [0, 0.1) is 0 Å². The van der Waals surface area contributed by atoms with Gasteiger partial charge in [-0.15, -0.1) is 0 Å². The first kappa shape index (κ1) is 16.2. The smallest absolute Gasteiger partial charge is 0.154 e. The molecule has 0 aromatic heterocycles. The molecule has 116 valence electrons. The summed E-state index contributed by atoms with van der Waals surface area (Å²) >= 11 is 0. The molecule has 1 N–H and O–H groups in total. The summed E-state index contributed by atoms with van der Waals surface area (Å²) in [6.45, 7) is 3.16. The number of hydrogen-bond acceptors (Lipinski definition) is 2. The summed E-state index contributed by atoms with van der Waals surface area (Å²) < 4.78 is 0. The zero-order chi connectivity index (χ0) is 14.9. The molecule has 0 saturated heterocycles. The van der Waals surface area contributed by atoms with Gasteiger partial charge in [0.1, 0.15) is 0 Å². The Kier molecular flexibility index (Phi) is 6.94. The van der Waals surface area contributed by atoms with E-state index in [2.05, 4.69) is 30.4 Å². The zero-order valence-electron chi connectivity index (χ0n) is 13.4. The summed E-state index contributed by atoms with van der Waals surface area (Å²) in [6.07, 6.45) is 10.6. The Bertz CT molecular complexity index is 441. The van der Waals surface area contributed by atoms with E-state index in [0.717, 1.165) is 25.8 Å². The van der Waals surface area contributed by atoms with Gasteiger partial charge in [-0.25, -0.2) is 0 Å². The van der Waals surface area contributed by atoms with Crippen LogP contribution >= 0.6 is 0 Å². The summed E-state index contributed by atoms with van der Waals surface area (Å²) in [4.78, 5) is 12.4. The minimum absolute atomic E-state index is 0.0601. The monoisotopic (exact) mass is 287 g/mol. The van der Waals surface area contributed by atoms with E-state index < -0.39 is 0 Å². The first-order chi connectivity index (χ1) is 10.3. The van der Waals surface area contributed by atoms with E-state index in [1.165, 1.54) is 49.7 Å². The van der Waals surface area contributed by atoms with Crippen LogP contribution in [0.5, 0.6) is 0 Å². The normalized spacial score (nSPS) is 17.5. The summed E-state index contributed by atoms with van der Waals surface area (Å²) in [5.74, 6) is 0.371. The number of benzene rings is 1. The fourth-order valence-electron chi connectivity index (χ4n) is 3.19. The summed E-state index contributed by atoms with van der Waals surface area (Å²) in [6, 6.07) is 8.32. The molecular formula is C19H29NO. The van der Waals surface area contributed by atoms with Crippen LogP contribution in [0.1, 0.15) is 75.5 Å². The van der Waals surface area contributed by atoms with Gasteiger partial charge in [0.25, 0.3) is 0 Å². The van der Waals surface area contributed by atoms with Crippen LogP contribution in [-0.4, -0.2) is 12.3 Å². The van der Waals surface area contributed by atoms with E-state index in [4.69, 9.17) is 0 Å². The molecule has 1 atom stereocenters. The predicted molar refractivity (Wildman–Crippen MR) is 88.5 cm³/mol. The van der Waals surface area contributed by atoms with Gasteiger partial charge < -0.3 is 5.32 Å². The number of ketones is 1. The Balaban J connectivity index is 1.72. The Morgan fingerprint density at radius 2 is 1.81 bits per heavy atom. The standard InChI is InChI=1S/C19H29NO/c1-2-3-4-5-6-7-8-13-18(21)19-17-12-10-9-11-16(17)14-15-20-19/h9-12,19-20H,2-8,13-15H2,1H3. The lowest BCUT2D eigenvalue weighted by Gasteiger charge is -2.25. The summed E-state index contributed by atoms with van der Waals surface area (Å²) in [7, 11) is 0. The van der Waals surface area contributed by atoms with Crippen LogP contribution in [0.15, 0.2) is 24.3 Å². The van der Waals surface area contributed by atoms with Crippen molar-refractivity contribution in [3.63, 3.8) is 0 Å². The molecule has 2 rings (SSSR count). The summed E-state index contributed by atoms with van der Waals surface area (Å²) in [5.41, 5.74) is 2.55. The van der Waals surface area contributed by atoms with Crippen molar-refractivity contribution in [3.05, 3.63) is 35.4 Å². The van der Waals surface area contributed by atoms with Gasteiger partial charge in [0.05, 0.1) is 6.04 Å². The Morgan fingerprint density at radius 1 is 1.10 bits per heavy atom. The number of unbranched alkanes of at least 4 members (excludes halogenated alkanes) is 6. The molecule has 1 unspecified atom stereocenters. The highest BCUT2D eigenvalue weighted by Gasteiger charge is 2.24. The highest BCUT2D eigenvalue weighted by atomic mass is 16.1. The van der Waals surface area contributed by atoms with Gasteiger partial charge >= 0.3 is 0 Å². The first-order valence-electron chi connectivity index (χ1n) is 8.67. The van der Waals surface area contributed by atoms with Crippen molar-refractivity contribution in [2.24, 2.45) is 0 Å². The van der Waals surface area contributed by atoms with Gasteiger partial charge in [-0.3, -0.25) is 4.79 Å². The van der Waals surface area contributed by atoms with E-state index in [0.29, 0.717) is 5.78 Å². The minimum Gasteiger partial charge on any atom is -0.303 e. The SMILES string of the molecule is CCCCCCCCCC(=O)C1NCCc2ccccc21. The maximum Gasteiger partial charge on any atom is 0.154 e. The molecule has 0 amide bonds. The molecule has 1 aliphatic heterocycles. The third kappa shape index (κ3) is 4.96. The second kappa shape index (κ2) is 8.99. The molecule has 0 bridgehead atoms. The molecule has 2 nitrogen and oxygen atoms in total. The van der Waals surface area contributed by atoms with Gasteiger partial charge in [-0.2, -0.15) is 0 Å². The molecule has 1 heterocycles. The Labute approximate surface area is 129 Å². The molecule has 21 heavy (non-hydrogen) atoms. The second-order valence-electron chi connectivity index (χ2n) is 6.17. The average molecular weight is 287 g/mol. The quantitative estimate of drug-likeness (QED) is 0.673. The van der Waals surface area contributed by atoms with Crippen molar-refractivity contribution in [3.8, 4) is 0 Å². The molecular weight excluding hydrogens is 258 g/mol. The van der Waals surface area contributed by atoms with Gasteiger partial charge in [-0.05, 0) is 24.0 Å². The highest BCUT2D eigenvalue weighted by Crippen LogP contribution is 2.25. The molecule has 1 aromatic carbocycles. The lowest BCUT2D eigenvalue weighted by Crippen LogP contribution is -2.35. The third-order valence-electron chi connectivity index (χ3n) is 4.46. The predicted octanol–water partition coefficient (Wildman–Crippen LogP) is 4.58. The van der Waals surface area contributed by atoms with Crippen LogP contribution in [0.25, 0.3) is 0 Å². The zero-order valence-corrected chi connectivity index (χ0v) is 13.4.